The first-order valence-corrected chi connectivity index (χ1v) is 6.92. The summed E-state index contributed by atoms with van der Waals surface area (Å²) in [5, 5.41) is 0.390. The summed E-state index contributed by atoms with van der Waals surface area (Å²) >= 11 is 11.3. The second-order valence-electron chi connectivity index (χ2n) is 4.10. The van der Waals surface area contributed by atoms with Crippen molar-refractivity contribution in [3.63, 3.8) is 0 Å². The van der Waals surface area contributed by atoms with Crippen LogP contribution in [-0.2, 0) is 6.61 Å². The van der Waals surface area contributed by atoms with Crippen molar-refractivity contribution < 1.29 is 13.5 Å². The van der Waals surface area contributed by atoms with Gasteiger partial charge in [-0.25, -0.2) is 8.78 Å². The Morgan fingerprint density at radius 1 is 1.10 bits per heavy atom. The summed E-state index contributed by atoms with van der Waals surface area (Å²) in [5.74, 6) is 4.70. The molecule has 0 aliphatic rings. The van der Waals surface area contributed by atoms with E-state index in [4.69, 9.17) is 27.9 Å². The molecule has 0 radical (unpaired) electrons. The van der Waals surface area contributed by atoms with Crippen molar-refractivity contribution in [1.82, 2.24) is 0 Å². The molecule has 0 atom stereocenters. The highest BCUT2D eigenvalue weighted by Crippen LogP contribution is 2.21. The largest absolute Gasteiger partial charge is 0.489 e. The van der Waals surface area contributed by atoms with Crippen molar-refractivity contribution in [2.75, 3.05) is 5.88 Å². The zero-order valence-corrected chi connectivity index (χ0v) is 12.3. The summed E-state index contributed by atoms with van der Waals surface area (Å²) in [4.78, 5) is 0. The molecule has 0 spiro atoms. The highest BCUT2D eigenvalue weighted by molar-refractivity contribution is 6.31. The Kier molecular flexibility index (Phi) is 5.44. The molecule has 0 aromatic heterocycles. The number of rotatable bonds is 3. The van der Waals surface area contributed by atoms with Crippen molar-refractivity contribution in [2.24, 2.45) is 0 Å². The summed E-state index contributed by atoms with van der Waals surface area (Å²) in [6.07, 6.45) is 0. The lowest BCUT2D eigenvalue weighted by Crippen LogP contribution is -1.98. The maximum absolute atomic E-state index is 13.7. The Hall–Kier alpha value is -1.76. The standard InChI is InChI=1S/C16H10Cl2F2O/c17-7-1-2-11-3-5-14(9-16(11)20)21-10-12-8-13(19)4-6-15(12)18/h3-6,8-9H,7,10H2. The van der Waals surface area contributed by atoms with E-state index >= 15 is 0 Å². The zero-order valence-electron chi connectivity index (χ0n) is 10.8. The number of benzene rings is 2. The van der Waals surface area contributed by atoms with E-state index < -0.39 is 11.6 Å². The van der Waals surface area contributed by atoms with Gasteiger partial charge in [0.2, 0.25) is 0 Å². The molecule has 2 aromatic carbocycles. The minimum absolute atomic E-state index is 0.0444. The molecular formula is C16H10Cl2F2O. The highest BCUT2D eigenvalue weighted by Gasteiger charge is 2.06. The molecule has 0 bridgehead atoms. The van der Waals surface area contributed by atoms with Crippen LogP contribution in [0.3, 0.4) is 0 Å². The molecule has 0 aliphatic carbocycles. The van der Waals surface area contributed by atoms with Gasteiger partial charge in [-0.3, -0.25) is 0 Å². The molecule has 0 aliphatic heterocycles. The molecule has 108 valence electrons. The fourth-order valence-electron chi connectivity index (χ4n) is 1.63. The molecule has 2 rings (SSSR count). The molecule has 0 saturated carbocycles. The van der Waals surface area contributed by atoms with Gasteiger partial charge in [-0.1, -0.05) is 23.4 Å². The fourth-order valence-corrected chi connectivity index (χ4v) is 1.87. The Bertz CT molecular complexity index is 705. The molecule has 0 amide bonds. The topological polar surface area (TPSA) is 9.23 Å². The number of alkyl halides is 1. The van der Waals surface area contributed by atoms with Gasteiger partial charge in [-0.05, 0) is 30.3 Å². The fraction of sp³-hybridized carbons (Fsp3) is 0.125. The number of ether oxygens (including phenoxy) is 1. The second kappa shape index (κ2) is 7.31. The van der Waals surface area contributed by atoms with Gasteiger partial charge in [0.15, 0.2) is 0 Å². The quantitative estimate of drug-likeness (QED) is 0.582. The van der Waals surface area contributed by atoms with E-state index in [0.717, 1.165) is 0 Å². The summed E-state index contributed by atoms with van der Waals surface area (Å²) < 4.78 is 32.2. The van der Waals surface area contributed by atoms with Crippen molar-refractivity contribution in [1.29, 1.82) is 0 Å². The van der Waals surface area contributed by atoms with Crippen LogP contribution in [0.5, 0.6) is 5.75 Å². The molecule has 0 unspecified atom stereocenters. The molecule has 21 heavy (non-hydrogen) atoms. The van der Waals surface area contributed by atoms with Crippen molar-refractivity contribution >= 4 is 23.2 Å². The summed E-state index contributed by atoms with van der Waals surface area (Å²) in [5.41, 5.74) is 0.731. The molecule has 0 heterocycles. The number of hydrogen-bond acceptors (Lipinski definition) is 1. The van der Waals surface area contributed by atoms with Gasteiger partial charge in [0.05, 0.1) is 11.4 Å². The molecule has 2 aromatic rings. The molecule has 1 nitrogen and oxygen atoms in total. The predicted molar refractivity (Wildman–Crippen MR) is 79.7 cm³/mol. The van der Waals surface area contributed by atoms with Crippen LogP contribution in [0.25, 0.3) is 0 Å². The van der Waals surface area contributed by atoms with E-state index in [1.807, 2.05) is 0 Å². The van der Waals surface area contributed by atoms with E-state index in [-0.39, 0.29) is 18.1 Å². The van der Waals surface area contributed by atoms with Crippen LogP contribution in [0.1, 0.15) is 11.1 Å². The Labute approximate surface area is 131 Å². The van der Waals surface area contributed by atoms with Gasteiger partial charge in [0.1, 0.15) is 24.0 Å². The van der Waals surface area contributed by atoms with Gasteiger partial charge in [-0.2, -0.15) is 0 Å². The van der Waals surface area contributed by atoms with Crippen LogP contribution in [0, 0.1) is 23.5 Å². The number of hydrogen-bond donors (Lipinski definition) is 0. The maximum atomic E-state index is 13.7. The maximum Gasteiger partial charge on any atom is 0.142 e. The van der Waals surface area contributed by atoms with Gasteiger partial charge in [0, 0.05) is 16.7 Å². The van der Waals surface area contributed by atoms with E-state index in [0.29, 0.717) is 16.3 Å². The normalized spacial score (nSPS) is 9.90. The van der Waals surface area contributed by atoms with Crippen LogP contribution in [0.15, 0.2) is 36.4 Å². The Balaban J connectivity index is 2.10. The molecule has 5 heteroatoms. The third-order valence-electron chi connectivity index (χ3n) is 2.63. The lowest BCUT2D eigenvalue weighted by molar-refractivity contribution is 0.304. The van der Waals surface area contributed by atoms with Crippen LogP contribution in [-0.4, -0.2) is 5.88 Å². The molecule has 0 saturated heterocycles. The van der Waals surface area contributed by atoms with Gasteiger partial charge < -0.3 is 4.74 Å². The zero-order chi connectivity index (χ0) is 15.2. The highest BCUT2D eigenvalue weighted by atomic mass is 35.5. The summed E-state index contributed by atoms with van der Waals surface area (Å²) in [7, 11) is 0. The van der Waals surface area contributed by atoms with Gasteiger partial charge >= 0.3 is 0 Å². The molecule has 0 N–H and O–H groups in total. The minimum Gasteiger partial charge on any atom is -0.489 e. The molecular weight excluding hydrogens is 317 g/mol. The summed E-state index contributed by atoms with van der Waals surface area (Å²) in [6.45, 7) is 0.0444. The lowest BCUT2D eigenvalue weighted by Gasteiger charge is -2.08. The van der Waals surface area contributed by atoms with Crippen molar-refractivity contribution in [3.8, 4) is 17.6 Å². The second-order valence-corrected chi connectivity index (χ2v) is 4.78. The van der Waals surface area contributed by atoms with Crippen LogP contribution < -0.4 is 4.74 Å². The van der Waals surface area contributed by atoms with E-state index in [2.05, 4.69) is 11.8 Å². The first-order chi connectivity index (χ1) is 10.1. The van der Waals surface area contributed by atoms with Crippen LogP contribution >= 0.6 is 23.2 Å². The SMILES string of the molecule is Fc1ccc(Cl)c(COc2ccc(C#CCCl)c(F)c2)c1. The Morgan fingerprint density at radius 2 is 1.90 bits per heavy atom. The minimum atomic E-state index is -0.504. The monoisotopic (exact) mass is 326 g/mol. The first-order valence-electron chi connectivity index (χ1n) is 6.01. The smallest absolute Gasteiger partial charge is 0.142 e. The average Bonchev–Trinajstić information content (AvgIpc) is 2.47. The van der Waals surface area contributed by atoms with Gasteiger partial charge in [0.25, 0.3) is 0 Å². The third kappa shape index (κ3) is 4.35. The van der Waals surface area contributed by atoms with E-state index in [1.165, 1.54) is 30.3 Å². The van der Waals surface area contributed by atoms with Crippen LogP contribution in [0.2, 0.25) is 5.02 Å². The Morgan fingerprint density at radius 3 is 2.62 bits per heavy atom. The summed E-state index contributed by atoms with van der Waals surface area (Å²) in [6, 6.07) is 8.27. The lowest BCUT2D eigenvalue weighted by atomic mass is 10.2. The van der Waals surface area contributed by atoms with Gasteiger partial charge in [-0.15, -0.1) is 11.6 Å². The van der Waals surface area contributed by atoms with E-state index in [9.17, 15) is 8.78 Å². The average molecular weight is 327 g/mol. The van der Waals surface area contributed by atoms with E-state index in [1.54, 1.807) is 6.07 Å². The molecule has 0 fully saturated rings. The van der Waals surface area contributed by atoms with Crippen molar-refractivity contribution in [2.45, 2.75) is 6.61 Å². The van der Waals surface area contributed by atoms with Crippen LogP contribution in [0.4, 0.5) is 8.78 Å². The first kappa shape index (κ1) is 15.6. The number of halogens is 4. The predicted octanol–water partition coefficient (Wildman–Crippen LogP) is 4.79. The van der Waals surface area contributed by atoms with Crippen molar-refractivity contribution in [3.05, 3.63) is 64.2 Å². The third-order valence-corrected chi connectivity index (χ3v) is 3.13.